The maximum atomic E-state index is 5.48. The van der Waals surface area contributed by atoms with Crippen LogP contribution in [-0.2, 0) is 0 Å². The minimum atomic E-state index is 0.336. The molecule has 1 atom stereocenters. The van der Waals surface area contributed by atoms with Crippen molar-refractivity contribution < 1.29 is 4.74 Å². The number of hydrogen-bond donors (Lipinski definition) is 0. The van der Waals surface area contributed by atoms with Gasteiger partial charge in [0.2, 0.25) is 0 Å². The average Bonchev–Trinajstić information content (AvgIpc) is 3.26. The molecule has 3 nitrogen and oxygen atoms in total. The largest absolute Gasteiger partial charge is 0.497 e. The molecule has 140 valence electrons. The van der Waals surface area contributed by atoms with E-state index in [0.717, 1.165) is 18.8 Å². The van der Waals surface area contributed by atoms with Crippen LogP contribution in [0.15, 0.2) is 72.9 Å². The molecule has 1 fully saturated rings. The van der Waals surface area contributed by atoms with Gasteiger partial charge in [-0.15, -0.1) is 0 Å². The van der Waals surface area contributed by atoms with Crippen molar-refractivity contribution in [3.8, 4) is 5.75 Å². The summed E-state index contributed by atoms with van der Waals surface area (Å²) in [7, 11) is 1.74. The minimum Gasteiger partial charge on any atom is -0.497 e. The Hall–Kier alpha value is -2.52. The molecule has 3 heteroatoms. The maximum Gasteiger partial charge on any atom is 0.119 e. The predicted molar refractivity (Wildman–Crippen MR) is 112 cm³/mol. The zero-order valence-electron chi connectivity index (χ0n) is 16.1. The summed E-state index contributed by atoms with van der Waals surface area (Å²) in [5.74, 6) is 0.931. The highest BCUT2D eigenvalue weighted by Crippen LogP contribution is 2.30. The molecular weight excluding hydrogens is 332 g/mol. The highest BCUT2D eigenvalue weighted by atomic mass is 16.5. The molecule has 1 saturated heterocycles. The van der Waals surface area contributed by atoms with Gasteiger partial charge in [0.15, 0.2) is 0 Å². The first-order valence-electron chi connectivity index (χ1n) is 9.89. The van der Waals surface area contributed by atoms with E-state index < -0.39 is 0 Å². The fourth-order valence-electron chi connectivity index (χ4n) is 4.04. The quantitative estimate of drug-likeness (QED) is 0.740. The zero-order chi connectivity index (χ0) is 18.5. The lowest BCUT2D eigenvalue weighted by atomic mass is 10.0. The molecule has 2 heterocycles. The summed E-state index contributed by atoms with van der Waals surface area (Å²) in [4.78, 5) is 5.05. The smallest absolute Gasteiger partial charge is 0.119 e. The first-order valence-corrected chi connectivity index (χ1v) is 9.89. The summed E-state index contributed by atoms with van der Waals surface area (Å²) in [5.41, 5.74) is 3.91. The van der Waals surface area contributed by atoms with E-state index in [2.05, 4.69) is 76.7 Å². The Balaban J connectivity index is 1.55. The van der Waals surface area contributed by atoms with Crippen molar-refractivity contribution in [1.29, 1.82) is 0 Å². The van der Waals surface area contributed by atoms with E-state index in [1.54, 1.807) is 7.11 Å². The summed E-state index contributed by atoms with van der Waals surface area (Å²) in [6, 6.07) is 19.5. The Morgan fingerprint density at radius 3 is 2.52 bits per heavy atom. The SMILES string of the molecule is COc1cccc([C@@H](CN2CCCC2)N2C=CC(c3ccccc3)=CC2)c1. The molecule has 0 N–H and O–H groups in total. The normalized spacial score (nSPS) is 18.4. The third-order valence-corrected chi connectivity index (χ3v) is 5.58. The van der Waals surface area contributed by atoms with Crippen molar-refractivity contribution in [3.63, 3.8) is 0 Å². The fraction of sp³-hybridized carbons (Fsp3) is 0.333. The van der Waals surface area contributed by atoms with Crippen LogP contribution in [0.1, 0.15) is 30.0 Å². The zero-order valence-corrected chi connectivity index (χ0v) is 16.1. The molecule has 0 aliphatic carbocycles. The van der Waals surface area contributed by atoms with Crippen molar-refractivity contribution in [2.45, 2.75) is 18.9 Å². The van der Waals surface area contributed by atoms with Crippen LogP contribution in [0.5, 0.6) is 5.75 Å². The van der Waals surface area contributed by atoms with E-state index >= 15 is 0 Å². The molecule has 4 rings (SSSR count). The van der Waals surface area contributed by atoms with Crippen LogP contribution in [0, 0.1) is 0 Å². The van der Waals surface area contributed by atoms with Crippen LogP contribution < -0.4 is 4.74 Å². The van der Waals surface area contributed by atoms with Crippen molar-refractivity contribution in [3.05, 3.63) is 84.1 Å². The van der Waals surface area contributed by atoms with Crippen LogP contribution >= 0.6 is 0 Å². The van der Waals surface area contributed by atoms with Crippen LogP contribution in [0.3, 0.4) is 0 Å². The first kappa shape index (κ1) is 17.9. The Morgan fingerprint density at radius 2 is 1.81 bits per heavy atom. The number of methoxy groups -OCH3 is 1. The molecule has 2 aromatic rings. The lowest BCUT2D eigenvalue weighted by Crippen LogP contribution is -2.35. The third-order valence-electron chi connectivity index (χ3n) is 5.58. The minimum absolute atomic E-state index is 0.336. The molecule has 2 aliphatic heterocycles. The van der Waals surface area contributed by atoms with Gasteiger partial charge >= 0.3 is 0 Å². The second kappa shape index (κ2) is 8.45. The number of hydrogen-bond acceptors (Lipinski definition) is 3. The molecule has 0 radical (unpaired) electrons. The van der Waals surface area contributed by atoms with E-state index in [9.17, 15) is 0 Å². The summed E-state index contributed by atoms with van der Waals surface area (Å²) < 4.78 is 5.48. The summed E-state index contributed by atoms with van der Waals surface area (Å²) in [6.07, 6.45) is 9.49. The molecule has 0 bridgehead atoms. The van der Waals surface area contributed by atoms with Gasteiger partial charge in [0, 0.05) is 19.3 Å². The highest BCUT2D eigenvalue weighted by molar-refractivity contribution is 5.74. The molecule has 2 aromatic carbocycles. The molecule has 0 unspecified atom stereocenters. The Kier molecular flexibility index (Phi) is 5.59. The van der Waals surface area contributed by atoms with Crippen molar-refractivity contribution in [2.24, 2.45) is 0 Å². The molecule has 0 spiro atoms. The van der Waals surface area contributed by atoms with Crippen LogP contribution in [0.25, 0.3) is 5.57 Å². The van der Waals surface area contributed by atoms with E-state index in [1.807, 2.05) is 6.07 Å². The van der Waals surface area contributed by atoms with E-state index in [4.69, 9.17) is 4.74 Å². The molecule has 27 heavy (non-hydrogen) atoms. The Labute approximate surface area is 162 Å². The number of nitrogens with zero attached hydrogens (tertiary/aromatic N) is 2. The van der Waals surface area contributed by atoms with Gasteiger partial charge in [0.1, 0.15) is 5.75 Å². The second-order valence-corrected chi connectivity index (χ2v) is 7.34. The van der Waals surface area contributed by atoms with Gasteiger partial charge in [-0.1, -0.05) is 48.5 Å². The standard InChI is InChI=1S/C24H28N2O/c1-27-23-11-7-10-22(18-23)24(19-25-14-5-6-15-25)26-16-12-21(13-17-26)20-8-3-2-4-9-20/h2-4,7-13,16,18,24H,5-6,14-15,17,19H2,1H3/t24-/m1/s1. The van der Waals surface area contributed by atoms with Gasteiger partial charge in [0.05, 0.1) is 13.2 Å². The summed E-state index contributed by atoms with van der Waals surface area (Å²) >= 11 is 0. The van der Waals surface area contributed by atoms with E-state index in [-0.39, 0.29) is 0 Å². The van der Waals surface area contributed by atoms with E-state index in [0.29, 0.717) is 6.04 Å². The van der Waals surface area contributed by atoms with E-state index in [1.165, 1.54) is 42.6 Å². The first-order chi connectivity index (χ1) is 13.3. The number of allylic oxidation sites excluding steroid dienone is 2. The van der Waals surface area contributed by atoms with Gasteiger partial charge in [0.25, 0.3) is 0 Å². The number of ether oxygens (including phenoxy) is 1. The molecular formula is C24H28N2O. The molecule has 0 amide bonds. The Morgan fingerprint density at radius 1 is 1.00 bits per heavy atom. The number of rotatable bonds is 6. The summed E-state index contributed by atoms with van der Waals surface area (Å²) in [6.45, 7) is 4.41. The van der Waals surface area contributed by atoms with Crippen molar-refractivity contribution >= 4 is 5.57 Å². The van der Waals surface area contributed by atoms with Crippen molar-refractivity contribution in [2.75, 3.05) is 33.3 Å². The Bertz CT molecular complexity index is 806. The van der Waals surface area contributed by atoms with Crippen LogP contribution in [-0.4, -0.2) is 43.1 Å². The average molecular weight is 361 g/mol. The number of benzene rings is 2. The molecule has 0 aromatic heterocycles. The van der Waals surface area contributed by atoms with Gasteiger partial charge in [-0.05, 0) is 60.8 Å². The van der Waals surface area contributed by atoms with Gasteiger partial charge in [-0.25, -0.2) is 0 Å². The lowest BCUT2D eigenvalue weighted by Gasteiger charge is -2.35. The highest BCUT2D eigenvalue weighted by Gasteiger charge is 2.24. The number of likely N-dealkylation sites (tertiary alicyclic amines) is 1. The maximum absolute atomic E-state index is 5.48. The van der Waals surface area contributed by atoms with Crippen molar-refractivity contribution in [1.82, 2.24) is 9.80 Å². The predicted octanol–water partition coefficient (Wildman–Crippen LogP) is 4.75. The monoisotopic (exact) mass is 360 g/mol. The van der Waals surface area contributed by atoms with Gasteiger partial charge < -0.3 is 14.5 Å². The lowest BCUT2D eigenvalue weighted by molar-refractivity contribution is 0.212. The third kappa shape index (κ3) is 4.25. The molecule has 0 saturated carbocycles. The summed E-state index contributed by atoms with van der Waals surface area (Å²) in [5, 5.41) is 0. The fourth-order valence-corrected chi connectivity index (χ4v) is 4.04. The topological polar surface area (TPSA) is 15.7 Å². The van der Waals surface area contributed by atoms with Gasteiger partial charge in [-0.2, -0.15) is 0 Å². The molecule has 2 aliphatic rings. The van der Waals surface area contributed by atoms with Crippen LogP contribution in [0.4, 0.5) is 0 Å². The van der Waals surface area contributed by atoms with Gasteiger partial charge in [-0.3, -0.25) is 0 Å². The second-order valence-electron chi connectivity index (χ2n) is 7.34. The van der Waals surface area contributed by atoms with Crippen LogP contribution in [0.2, 0.25) is 0 Å².